The van der Waals surface area contributed by atoms with Crippen molar-refractivity contribution in [2.45, 2.75) is 6.92 Å². The first-order chi connectivity index (χ1) is 10.1. The molecule has 0 saturated carbocycles. The molecule has 1 aromatic carbocycles. The van der Waals surface area contributed by atoms with Crippen LogP contribution in [0.15, 0.2) is 42.9 Å². The minimum absolute atomic E-state index is 0.250. The molecular weight excluding hydrogens is 288 g/mol. The molecule has 0 radical (unpaired) electrons. The highest BCUT2D eigenvalue weighted by Crippen LogP contribution is 2.22. The zero-order chi connectivity index (χ0) is 14.8. The standard InChI is InChI=1S/C15H11ClN4O/c1-9-7-12(14(16)19-8-9)20-15(21)10-3-2-4-11-13(10)18-6-5-17-11/h2-8H,1H3,(H,20,21). The molecule has 1 amide bonds. The zero-order valence-corrected chi connectivity index (χ0v) is 11.9. The predicted molar refractivity (Wildman–Crippen MR) is 81.5 cm³/mol. The van der Waals surface area contributed by atoms with E-state index in [4.69, 9.17) is 11.6 Å². The van der Waals surface area contributed by atoms with Gasteiger partial charge in [-0.15, -0.1) is 0 Å². The van der Waals surface area contributed by atoms with Gasteiger partial charge in [0.1, 0.15) is 5.52 Å². The van der Waals surface area contributed by atoms with Crippen LogP contribution in [-0.4, -0.2) is 20.9 Å². The SMILES string of the molecule is Cc1cnc(Cl)c(NC(=O)c2cccc3nccnc23)c1. The molecule has 1 N–H and O–H groups in total. The molecular formula is C15H11ClN4O. The number of benzene rings is 1. The summed E-state index contributed by atoms with van der Waals surface area (Å²) < 4.78 is 0. The van der Waals surface area contributed by atoms with Crippen LogP contribution in [0.2, 0.25) is 5.15 Å². The van der Waals surface area contributed by atoms with Crippen molar-refractivity contribution in [3.8, 4) is 0 Å². The topological polar surface area (TPSA) is 67.8 Å². The van der Waals surface area contributed by atoms with Crippen LogP contribution in [0.4, 0.5) is 5.69 Å². The van der Waals surface area contributed by atoms with E-state index >= 15 is 0 Å². The Labute approximate surface area is 126 Å². The fourth-order valence-corrected chi connectivity index (χ4v) is 2.16. The Balaban J connectivity index is 1.99. The van der Waals surface area contributed by atoms with Crippen LogP contribution in [-0.2, 0) is 0 Å². The Morgan fingerprint density at radius 3 is 2.86 bits per heavy atom. The number of pyridine rings is 1. The number of aromatic nitrogens is 3. The molecule has 2 heterocycles. The minimum Gasteiger partial charge on any atom is -0.319 e. The number of amides is 1. The van der Waals surface area contributed by atoms with E-state index in [0.29, 0.717) is 22.3 Å². The van der Waals surface area contributed by atoms with Crippen molar-refractivity contribution in [2.24, 2.45) is 0 Å². The fraction of sp³-hybridized carbons (Fsp3) is 0.0667. The third-order valence-electron chi connectivity index (χ3n) is 2.97. The number of hydrogen-bond donors (Lipinski definition) is 1. The summed E-state index contributed by atoms with van der Waals surface area (Å²) in [6, 6.07) is 7.04. The monoisotopic (exact) mass is 298 g/mol. The van der Waals surface area contributed by atoms with E-state index in [-0.39, 0.29) is 11.1 Å². The maximum atomic E-state index is 12.4. The predicted octanol–water partition coefficient (Wildman–Crippen LogP) is 3.24. The van der Waals surface area contributed by atoms with Crippen molar-refractivity contribution in [3.63, 3.8) is 0 Å². The number of rotatable bonds is 2. The lowest BCUT2D eigenvalue weighted by atomic mass is 10.1. The lowest BCUT2D eigenvalue weighted by molar-refractivity contribution is 0.102. The molecule has 21 heavy (non-hydrogen) atoms. The van der Waals surface area contributed by atoms with Crippen LogP contribution in [0.1, 0.15) is 15.9 Å². The molecule has 0 aliphatic carbocycles. The Bertz CT molecular complexity index is 830. The van der Waals surface area contributed by atoms with Crippen LogP contribution in [0.25, 0.3) is 11.0 Å². The van der Waals surface area contributed by atoms with E-state index < -0.39 is 0 Å². The molecule has 5 nitrogen and oxygen atoms in total. The maximum Gasteiger partial charge on any atom is 0.258 e. The minimum atomic E-state index is -0.296. The summed E-state index contributed by atoms with van der Waals surface area (Å²) in [7, 11) is 0. The molecule has 104 valence electrons. The molecule has 0 spiro atoms. The number of nitrogens with zero attached hydrogens (tertiary/aromatic N) is 3. The number of para-hydroxylation sites is 1. The summed E-state index contributed by atoms with van der Waals surface area (Å²) in [4.78, 5) is 24.8. The first-order valence-corrected chi connectivity index (χ1v) is 6.66. The van der Waals surface area contributed by atoms with E-state index in [0.717, 1.165) is 5.56 Å². The lowest BCUT2D eigenvalue weighted by Gasteiger charge is -2.08. The second-order valence-corrected chi connectivity index (χ2v) is 4.89. The Hall–Kier alpha value is -2.53. The van der Waals surface area contributed by atoms with Gasteiger partial charge >= 0.3 is 0 Å². The second-order valence-electron chi connectivity index (χ2n) is 4.53. The first kappa shape index (κ1) is 13.5. The van der Waals surface area contributed by atoms with Gasteiger partial charge in [-0.25, -0.2) is 4.98 Å². The van der Waals surface area contributed by atoms with E-state index in [1.54, 1.807) is 42.9 Å². The highest BCUT2D eigenvalue weighted by Gasteiger charge is 2.13. The van der Waals surface area contributed by atoms with Crippen LogP contribution in [0, 0.1) is 6.92 Å². The second kappa shape index (κ2) is 5.46. The molecule has 2 aromatic heterocycles. The molecule has 0 unspecified atom stereocenters. The Morgan fingerprint density at radius 2 is 2.00 bits per heavy atom. The van der Waals surface area contributed by atoms with E-state index in [1.807, 2.05) is 6.92 Å². The number of carbonyl (C=O) groups is 1. The Kier molecular flexibility index (Phi) is 3.50. The molecule has 0 aliphatic rings. The van der Waals surface area contributed by atoms with Gasteiger partial charge in [0.15, 0.2) is 5.15 Å². The number of fused-ring (bicyclic) bond motifs is 1. The molecule has 0 aliphatic heterocycles. The summed E-state index contributed by atoms with van der Waals surface area (Å²) >= 11 is 5.99. The molecule has 0 atom stereocenters. The number of anilines is 1. The number of aryl methyl sites for hydroxylation is 1. The molecule has 6 heteroatoms. The zero-order valence-electron chi connectivity index (χ0n) is 11.2. The van der Waals surface area contributed by atoms with Gasteiger partial charge < -0.3 is 5.32 Å². The van der Waals surface area contributed by atoms with Crippen molar-refractivity contribution in [2.75, 3.05) is 5.32 Å². The van der Waals surface area contributed by atoms with Crippen LogP contribution < -0.4 is 5.32 Å². The summed E-state index contributed by atoms with van der Waals surface area (Å²) in [6.07, 6.45) is 4.78. The number of nitrogens with one attached hydrogen (secondary N) is 1. The summed E-state index contributed by atoms with van der Waals surface area (Å²) in [5.41, 5.74) is 3.04. The van der Waals surface area contributed by atoms with Crippen molar-refractivity contribution >= 4 is 34.2 Å². The van der Waals surface area contributed by atoms with Crippen molar-refractivity contribution in [3.05, 3.63) is 59.1 Å². The summed E-state index contributed by atoms with van der Waals surface area (Å²) in [5.74, 6) is -0.296. The average molecular weight is 299 g/mol. The van der Waals surface area contributed by atoms with Gasteiger partial charge in [0.25, 0.3) is 5.91 Å². The molecule has 0 bridgehead atoms. The van der Waals surface area contributed by atoms with E-state index in [1.165, 1.54) is 0 Å². The van der Waals surface area contributed by atoms with Crippen LogP contribution in [0.5, 0.6) is 0 Å². The third kappa shape index (κ3) is 2.68. The van der Waals surface area contributed by atoms with Crippen molar-refractivity contribution < 1.29 is 4.79 Å². The molecule has 0 saturated heterocycles. The lowest BCUT2D eigenvalue weighted by Crippen LogP contribution is -2.13. The van der Waals surface area contributed by atoms with Gasteiger partial charge in [-0.2, -0.15) is 0 Å². The largest absolute Gasteiger partial charge is 0.319 e. The summed E-state index contributed by atoms with van der Waals surface area (Å²) in [5, 5.41) is 3.01. The highest BCUT2D eigenvalue weighted by atomic mass is 35.5. The number of carbonyl (C=O) groups excluding carboxylic acids is 1. The number of halogens is 1. The maximum absolute atomic E-state index is 12.4. The van der Waals surface area contributed by atoms with Crippen LogP contribution >= 0.6 is 11.6 Å². The third-order valence-corrected chi connectivity index (χ3v) is 3.27. The Morgan fingerprint density at radius 1 is 1.19 bits per heavy atom. The van der Waals surface area contributed by atoms with Crippen molar-refractivity contribution in [1.82, 2.24) is 15.0 Å². The van der Waals surface area contributed by atoms with Gasteiger partial charge in [0.05, 0.1) is 16.8 Å². The molecule has 0 fully saturated rings. The van der Waals surface area contributed by atoms with Gasteiger partial charge in [-0.05, 0) is 30.7 Å². The normalized spacial score (nSPS) is 10.6. The van der Waals surface area contributed by atoms with Gasteiger partial charge in [0.2, 0.25) is 0 Å². The summed E-state index contributed by atoms with van der Waals surface area (Å²) in [6.45, 7) is 1.88. The van der Waals surface area contributed by atoms with E-state index in [9.17, 15) is 4.79 Å². The van der Waals surface area contributed by atoms with Gasteiger partial charge in [-0.3, -0.25) is 14.8 Å². The number of hydrogen-bond acceptors (Lipinski definition) is 4. The molecule has 3 rings (SSSR count). The smallest absolute Gasteiger partial charge is 0.258 e. The van der Waals surface area contributed by atoms with Crippen LogP contribution in [0.3, 0.4) is 0 Å². The highest BCUT2D eigenvalue weighted by molar-refractivity contribution is 6.32. The quantitative estimate of drug-likeness (QED) is 0.738. The average Bonchev–Trinajstić information content (AvgIpc) is 2.50. The van der Waals surface area contributed by atoms with Gasteiger partial charge in [-0.1, -0.05) is 17.7 Å². The fourth-order valence-electron chi connectivity index (χ4n) is 2.01. The van der Waals surface area contributed by atoms with Crippen molar-refractivity contribution in [1.29, 1.82) is 0 Å². The van der Waals surface area contributed by atoms with Gasteiger partial charge in [0, 0.05) is 18.6 Å². The first-order valence-electron chi connectivity index (χ1n) is 6.28. The molecule has 3 aromatic rings. The van der Waals surface area contributed by atoms with E-state index in [2.05, 4.69) is 20.3 Å².